The van der Waals surface area contributed by atoms with Crippen molar-refractivity contribution in [3.8, 4) is 0 Å². The first-order valence-corrected chi connectivity index (χ1v) is 11.0. The van der Waals surface area contributed by atoms with Crippen LogP contribution in [0.4, 0.5) is 4.79 Å². The fraction of sp³-hybridized carbons (Fsp3) is 0.429. The van der Waals surface area contributed by atoms with Gasteiger partial charge in [-0.3, -0.25) is 19.3 Å². The van der Waals surface area contributed by atoms with Gasteiger partial charge in [-0.15, -0.1) is 11.3 Å². The summed E-state index contributed by atoms with van der Waals surface area (Å²) in [6.07, 6.45) is -0.482. The zero-order valence-electron chi connectivity index (χ0n) is 17.3. The summed E-state index contributed by atoms with van der Waals surface area (Å²) >= 11 is 1.40. The van der Waals surface area contributed by atoms with Crippen LogP contribution in [0, 0.1) is 0 Å². The van der Waals surface area contributed by atoms with Crippen molar-refractivity contribution in [1.82, 2.24) is 20.4 Å². The van der Waals surface area contributed by atoms with Gasteiger partial charge >= 0.3 is 6.03 Å². The van der Waals surface area contributed by atoms with Crippen LogP contribution in [0.3, 0.4) is 0 Å². The van der Waals surface area contributed by atoms with Gasteiger partial charge in [0.25, 0.3) is 11.8 Å². The molecule has 1 aromatic heterocycles. The van der Waals surface area contributed by atoms with E-state index in [1.165, 1.54) is 11.3 Å². The van der Waals surface area contributed by atoms with E-state index in [1.807, 2.05) is 38.1 Å². The SMILES string of the molecule is CC(C)NC(=O)c1sc2ccccc2c1[C@@H]1CN(C(=O)CN2C(=O)CNC2=O)CCO1. The largest absolute Gasteiger partial charge is 0.370 e. The lowest BCUT2D eigenvalue weighted by molar-refractivity contribution is -0.142. The van der Waals surface area contributed by atoms with Crippen LogP contribution in [-0.2, 0) is 14.3 Å². The Balaban J connectivity index is 1.59. The summed E-state index contributed by atoms with van der Waals surface area (Å²) < 4.78 is 6.96. The van der Waals surface area contributed by atoms with Crippen molar-refractivity contribution < 1.29 is 23.9 Å². The van der Waals surface area contributed by atoms with Crippen molar-refractivity contribution in [2.45, 2.75) is 26.0 Å². The maximum atomic E-state index is 12.9. The molecule has 4 rings (SSSR count). The summed E-state index contributed by atoms with van der Waals surface area (Å²) in [6.45, 7) is 4.30. The number of hydrogen-bond acceptors (Lipinski definition) is 6. The number of ether oxygens (including phenoxy) is 1. The lowest BCUT2D eigenvalue weighted by atomic mass is 10.0. The number of morpholine rings is 1. The molecule has 2 N–H and O–H groups in total. The highest BCUT2D eigenvalue weighted by Gasteiger charge is 2.35. The van der Waals surface area contributed by atoms with E-state index in [9.17, 15) is 19.2 Å². The van der Waals surface area contributed by atoms with Crippen molar-refractivity contribution in [1.29, 1.82) is 0 Å². The second-order valence-corrected chi connectivity index (χ2v) is 8.86. The van der Waals surface area contributed by atoms with Crippen LogP contribution >= 0.6 is 11.3 Å². The number of amides is 5. The molecule has 3 heterocycles. The molecule has 31 heavy (non-hydrogen) atoms. The van der Waals surface area contributed by atoms with Crippen LogP contribution in [0.25, 0.3) is 10.1 Å². The molecule has 2 aliphatic heterocycles. The smallest absolute Gasteiger partial charge is 0.325 e. The van der Waals surface area contributed by atoms with E-state index in [1.54, 1.807) is 4.90 Å². The Morgan fingerprint density at radius 3 is 2.77 bits per heavy atom. The molecule has 2 fully saturated rings. The molecule has 0 radical (unpaired) electrons. The number of carbonyl (C=O) groups excluding carboxylic acids is 4. The highest BCUT2D eigenvalue weighted by atomic mass is 32.1. The first kappa shape index (κ1) is 21.3. The first-order chi connectivity index (χ1) is 14.8. The Morgan fingerprint density at radius 1 is 1.29 bits per heavy atom. The molecule has 2 aromatic rings. The quantitative estimate of drug-likeness (QED) is 0.680. The van der Waals surface area contributed by atoms with Gasteiger partial charge in [-0.1, -0.05) is 18.2 Å². The Bertz CT molecular complexity index is 1030. The lowest BCUT2D eigenvalue weighted by Gasteiger charge is -2.34. The fourth-order valence-electron chi connectivity index (χ4n) is 3.78. The molecule has 0 unspecified atom stereocenters. The third-order valence-corrected chi connectivity index (χ3v) is 6.42. The predicted octanol–water partition coefficient (Wildman–Crippen LogP) is 1.49. The van der Waals surface area contributed by atoms with Gasteiger partial charge in [0.05, 0.1) is 24.6 Å². The number of nitrogens with one attached hydrogen (secondary N) is 2. The Labute approximate surface area is 183 Å². The summed E-state index contributed by atoms with van der Waals surface area (Å²) in [5.74, 6) is -0.913. The molecule has 5 amide bonds. The summed E-state index contributed by atoms with van der Waals surface area (Å²) in [5, 5.41) is 6.28. The van der Waals surface area contributed by atoms with Crippen LogP contribution in [0.1, 0.15) is 35.2 Å². The van der Waals surface area contributed by atoms with Gasteiger partial charge in [0.2, 0.25) is 5.91 Å². The Morgan fingerprint density at radius 2 is 2.06 bits per heavy atom. The van der Waals surface area contributed by atoms with E-state index >= 15 is 0 Å². The van der Waals surface area contributed by atoms with Gasteiger partial charge in [0, 0.05) is 22.8 Å². The van der Waals surface area contributed by atoms with Crippen molar-refractivity contribution in [2.75, 3.05) is 32.8 Å². The second kappa shape index (κ2) is 8.64. The van der Waals surface area contributed by atoms with Gasteiger partial charge < -0.3 is 20.3 Å². The highest BCUT2D eigenvalue weighted by molar-refractivity contribution is 7.21. The van der Waals surface area contributed by atoms with Crippen LogP contribution in [-0.4, -0.2) is 72.4 Å². The van der Waals surface area contributed by atoms with E-state index in [-0.39, 0.29) is 37.5 Å². The summed E-state index contributed by atoms with van der Waals surface area (Å²) in [4.78, 5) is 52.3. The van der Waals surface area contributed by atoms with E-state index in [4.69, 9.17) is 4.74 Å². The molecule has 1 atom stereocenters. The van der Waals surface area contributed by atoms with Crippen molar-refractivity contribution in [3.05, 3.63) is 34.7 Å². The second-order valence-electron chi connectivity index (χ2n) is 7.81. The van der Waals surface area contributed by atoms with Crippen LogP contribution < -0.4 is 10.6 Å². The molecule has 2 saturated heterocycles. The average molecular weight is 445 g/mol. The number of fused-ring (bicyclic) bond motifs is 1. The lowest BCUT2D eigenvalue weighted by Crippen LogP contribution is -2.48. The molecule has 10 heteroatoms. The minimum atomic E-state index is -0.556. The third-order valence-electron chi connectivity index (χ3n) is 5.23. The van der Waals surface area contributed by atoms with Crippen LogP contribution in [0.15, 0.2) is 24.3 Å². The molecule has 164 valence electrons. The third kappa shape index (κ3) is 4.26. The van der Waals surface area contributed by atoms with Gasteiger partial charge in [-0.2, -0.15) is 0 Å². The van der Waals surface area contributed by atoms with Crippen molar-refractivity contribution >= 4 is 45.2 Å². The molecule has 0 saturated carbocycles. The fourth-order valence-corrected chi connectivity index (χ4v) is 4.94. The number of thiophene rings is 1. The number of benzene rings is 1. The minimum Gasteiger partial charge on any atom is -0.370 e. The number of urea groups is 1. The number of imide groups is 1. The maximum Gasteiger partial charge on any atom is 0.325 e. The van der Waals surface area contributed by atoms with Gasteiger partial charge in [-0.05, 0) is 25.3 Å². The van der Waals surface area contributed by atoms with Gasteiger partial charge in [-0.25, -0.2) is 4.79 Å². The van der Waals surface area contributed by atoms with Crippen LogP contribution in [0.5, 0.6) is 0 Å². The standard InChI is InChI=1S/C21H24N4O5S/c1-12(2)23-20(28)19-18(13-5-3-4-6-15(13)31-19)14-10-24(7-8-30-14)17(27)11-25-16(26)9-22-21(25)29/h3-6,12,14H,7-11H2,1-2H3,(H,22,29)(H,23,28)/t14-/m0/s1. The molecular formula is C21H24N4O5S. The monoisotopic (exact) mass is 444 g/mol. The van der Waals surface area contributed by atoms with E-state index in [0.29, 0.717) is 18.0 Å². The topological polar surface area (TPSA) is 108 Å². The number of nitrogens with zero attached hydrogens (tertiary/aromatic N) is 2. The summed E-state index contributed by atoms with van der Waals surface area (Å²) in [7, 11) is 0. The van der Waals surface area contributed by atoms with E-state index in [2.05, 4.69) is 10.6 Å². The number of carbonyl (C=O) groups is 4. The molecular weight excluding hydrogens is 420 g/mol. The van der Waals surface area contributed by atoms with E-state index < -0.39 is 18.0 Å². The zero-order chi connectivity index (χ0) is 22.1. The predicted molar refractivity (Wildman–Crippen MR) is 115 cm³/mol. The normalized spacial score (nSPS) is 19.3. The number of rotatable bonds is 5. The maximum absolute atomic E-state index is 12.9. The Hall–Kier alpha value is -2.98. The molecule has 9 nitrogen and oxygen atoms in total. The zero-order valence-corrected chi connectivity index (χ0v) is 18.2. The highest BCUT2D eigenvalue weighted by Crippen LogP contribution is 2.38. The number of hydrogen-bond donors (Lipinski definition) is 2. The summed E-state index contributed by atoms with van der Waals surface area (Å²) in [5.41, 5.74) is 0.770. The van der Waals surface area contributed by atoms with Gasteiger partial charge in [0.15, 0.2) is 0 Å². The average Bonchev–Trinajstić information content (AvgIpc) is 3.28. The van der Waals surface area contributed by atoms with E-state index in [0.717, 1.165) is 20.5 Å². The van der Waals surface area contributed by atoms with Gasteiger partial charge in [0.1, 0.15) is 12.6 Å². The minimum absolute atomic E-state index is 0.0138. The molecule has 1 aromatic carbocycles. The van der Waals surface area contributed by atoms with Crippen molar-refractivity contribution in [2.24, 2.45) is 0 Å². The first-order valence-electron chi connectivity index (χ1n) is 10.1. The Kier molecular flexibility index (Phi) is 5.92. The summed E-state index contributed by atoms with van der Waals surface area (Å²) in [6, 6.07) is 7.16. The van der Waals surface area contributed by atoms with Crippen LogP contribution in [0.2, 0.25) is 0 Å². The molecule has 0 aliphatic carbocycles. The molecule has 2 aliphatic rings. The van der Waals surface area contributed by atoms with Crippen molar-refractivity contribution in [3.63, 3.8) is 0 Å². The molecule has 0 bridgehead atoms. The molecule has 0 spiro atoms.